The Morgan fingerprint density at radius 3 is 1.87 bits per heavy atom. The van der Waals surface area contributed by atoms with E-state index in [4.69, 9.17) is 11.5 Å². The molecule has 0 fully saturated rings. The van der Waals surface area contributed by atoms with Crippen LogP contribution >= 0.6 is 0 Å². The molecule has 6 atom stereocenters. The van der Waals surface area contributed by atoms with Crippen LogP contribution in [0.15, 0.2) is 30.3 Å². The lowest BCUT2D eigenvalue weighted by atomic mass is 10.0. The third kappa shape index (κ3) is 13.2. The van der Waals surface area contributed by atoms with E-state index in [1.807, 2.05) is 13.8 Å². The molecule has 16 heteroatoms. The lowest BCUT2D eigenvalue weighted by Gasteiger charge is -2.30. The number of carboxylic acids is 1. The number of carboxylic acid groups (broad SMARTS) is 1. The van der Waals surface area contributed by atoms with Crippen LogP contribution in [0.5, 0.6) is 0 Å². The van der Waals surface area contributed by atoms with E-state index in [0.717, 1.165) is 0 Å². The fraction of sp³-hybridized carbons (Fsp3) is 0.567. The van der Waals surface area contributed by atoms with Gasteiger partial charge < -0.3 is 48.3 Å². The predicted octanol–water partition coefficient (Wildman–Crippen LogP) is -2.20. The maximum Gasteiger partial charge on any atom is 0.326 e. The van der Waals surface area contributed by atoms with Crippen LogP contribution in [0.4, 0.5) is 0 Å². The van der Waals surface area contributed by atoms with Crippen LogP contribution in [0, 0.1) is 5.92 Å². The predicted molar refractivity (Wildman–Crippen MR) is 166 cm³/mol. The van der Waals surface area contributed by atoms with Crippen molar-refractivity contribution < 1.29 is 43.8 Å². The average Bonchev–Trinajstić information content (AvgIpc) is 2.94. The van der Waals surface area contributed by atoms with Crippen molar-refractivity contribution in [2.24, 2.45) is 17.4 Å². The van der Waals surface area contributed by atoms with Gasteiger partial charge in [0.25, 0.3) is 0 Å². The Morgan fingerprint density at radius 2 is 1.37 bits per heavy atom. The minimum atomic E-state index is -1.68. The van der Waals surface area contributed by atoms with Crippen molar-refractivity contribution in [1.29, 1.82) is 0 Å². The molecule has 46 heavy (non-hydrogen) atoms. The molecule has 0 aliphatic heterocycles. The molecular weight excluding hydrogens is 602 g/mol. The van der Waals surface area contributed by atoms with Crippen LogP contribution < -0.4 is 38.1 Å². The van der Waals surface area contributed by atoms with Crippen LogP contribution in [0.2, 0.25) is 0 Å². The van der Waals surface area contributed by atoms with Crippen LogP contribution in [-0.2, 0) is 40.0 Å². The Hall–Kier alpha value is -4.57. The smallest absolute Gasteiger partial charge is 0.326 e. The fourth-order valence-corrected chi connectivity index (χ4v) is 4.18. The Labute approximate surface area is 267 Å². The molecule has 0 aliphatic carbocycles. The molecule has 1 aromatic carbocycles. The van der Waals surface area contributed by atoms with E-state index in [1.165, 1.54) is 27.7 Å². The van der Waals surface area contributed by atoms with Gasteiger partial charge in [0.2, 0.25) is 35.4 Å². The number of rotatable bonds is 18. The van der Waals surface area contributed by atoms with Gasteiger partial charge in [-0.25, -0.2) is 4.79 Å². The summed E-state index contributed by atoms with van der Waals surface area (Å²) < 4.78 is 0. The quantitative estimate of drug-likeness (QED) is 0.0827. The monoisotopic (exact) mass is 649 g/mol. The number of carbonyl (C=O) groups is 7. The first-order valence-electron chi connectivity index (χ1n) is 14.8. The van der Waals surface area contributed by atoms with Crippen molar-refractivity contribution >= 4 is 41.4 Å². The SMILES string of the molecule is CC(C)C[C@H](NC(=O)[C@H](Cc1ccccc1)NC(=O)[C@H](C)NC(=O)C(C)(C)NC(=O)[C@@H](NC(=O)[C@@H](N)CC(N)=O)[C@@H](C)O)C(=O)O. The van der Waals surface area contributed by atoms with Gasteiger partial charge in [-0.2, -0.15) is 0 Å². The average molecular weight is 650 g/mol. The second-order valence-electron chi connectivity index (χ2n) is 12.1. The Bertz CT molecular complexity index is 1250. The number of hydrogen-bond donors (Lipinski definition) is 9. The van der Waals surface area contributed by atoms with Gasteiger partial charge in [-0.3, -0.25) is 28.8 Å². The van der Waals surface area contributed by atoms with Crippen molar-refractivity contribution in [3.8, 4) is 0 Å². The molecule has 1 rings (SSSR count). The van der Waals surface area contributed by atoms with Gasteiger partial charge in [-0.15, -0.1) is 0 Å². The number of nitrogens with one attached hydrogen (secondary N) is 5. The molecule has 11 N–H and O–H groups in total. The van der Waals surface area contributed by atoms with E-state index >= 15 is 0 Å². The molecule has 0 heterocycles. The summed E-state index contributed by atoms with van der Waals surface area (Å²) in [6.07, 6.45) is -1.73. The topological polar surface area (TPSA) is 272 Å². The highest BCUT2D eigenvalue weighted by Gasteiger charge is 2.37. The lowest BCUT2D eigenvalue weighted by molar-refractivity contribution is -0.142. The van der Waals surface area contributed by atoms with Crippen molar-refractivity contribution in [3.63, 3.8) is 0 Å². The van der Waals surface area contributed by atoms with Crippen LogP contribution in [-0.4, -0.2) is 93.5 Å². The number of hydrogen-bond acceptors (Lipinski definition) is 9. The van der Waals surface area contributed by atoms with Gasteiger partial charge in [0.05, 0.1) is 18.6 Å². The Kier molecular flexibility index (Phi) is 15.3. The lowest BCUT2D eigenvalue weighted by Crippen LogP contribution is -2.64. The third-order valence-corrected chi connectivity index (χ3v) is 6.80. The number of amides is 6. The summed E-state index contributed by atoms with van der Waals surface area (Å²) in [6, 6.07) is 2.21. The second kappa shape index (κ2) is 17.8. The normalized spacial score (nSPS) is 15.2. The largest absolute Gasteiger partial charge is 0.480 e. The second-order valence-corrected chi connectivity index (χ2v) is 12.1. The standard InChI is InChI=1S/C30H47N7O9/c1-15(2)12-21(28(44)45)35-26(42)20(13-18-10-8-7-9-11-18)34-24(40)16(3)33-29(46)30(5,6)37-27(43)23(17(4)38)36-25(41)19(31)14-22(32)39/h7-11,15-17,19-21,23,38H,12-14,31H2,1-6H3,(H2,32,39)(H,33,46)(H,34,40)(H,35,42)(H,36,41)(H,37,43)(H,44,45)/t16-,17+,19-,20-,21-,23-/m0/s1. The molecule has 0 aromatic heterocycles. The summed E-state index contributed by atoms with van der Waals surface area (Å²) in [7, 11) is 0. The highest BCUT2D eigenvalue weighted by molar-refractivity contribution is 5.98. The maximum absolute atomic E-state index is 13.2. The molecule has 0 aliphatic rings. The number of benzene rings is 1. The molecule has 0 spiro atoms. The number of primary amides is 1. The zero-order valence-corrected chi connectivity index (χ0v) is 27.0. The molecule has 1 aromatic rings. The van der Waals surface area contributed by atoms with Crippen LogP contribution in [0.25, 0.3) is 0 Å². The van der Waals surface area contributed by atoms with E-state index in [2.05, 4.69) is 26.6 Å². The Balaban J connectivity index is 3.01. The zero-order chi connectivity index (χ0) is 35.4. The summed E-state index contributed by atoms with van der Waals surface area (Å²) in [5.74, 6) is -6.30. The maximum atomic E-state index is 13.2. The van der Waals surface area contributed by atoms with E-state index in [-0.39, 0.29) is 18.8 Å². The van der Waals surface area contributed by atoms with Gasteiger partial charge in [-0.05, 0) is 45.6 Å². The molecule has 0 bridgehead atoms. The molecule has 256 valence electrons. The first kappa shape index (κ1) is 39.5. The van der Waals surface area contributed by atoms with Gasteiger partial charge in [0.15, 0.2) is 0 Å². The molecule has 16 nitrogen and oxygen atoms in total. The highest BCUT2D eigenvalue weighted by Crippen LogP contribution is 2.09. The first-order valence-corrected chi connectivity index (χ1v) is 14.8. The number of nitrogens with two attached hydrogens (primary N) is 2. The number of carbonyl (C=O) groups excluding carboxylic acids is 6. The van der Waals surface area contributed by atoms with Gasteiger partial charge >= 0.3 is 5.97 Å². The number of aliphatic carboxylic acids is 1. The van der Waals surface area contributed by atoms with Crippen LogP contribution in [0.3, 0.4) is 0 Å². The molecule has 0 unspecified atom stereocenters. The van der Waals surface area contributed by atoms with Gasteiger partial charge in [-0.1, -0.05) is 44.2 Å². The zero-order valence-electron chi connectivity index (χ0n) is 27.0. The summed E-state index contributed by atoms with van der Waals surface area (Å²) in [5, 5.41) is 31.8. The summed E-state index contributed by atoms with van der Waals surface area (Å²) in [6.45, 7) is 8.81. The minimum Gasteiger partial charge on any atom is -0.480 e. The van der Waals surface area contributed by atoms with Crippen LogP contribution in [0.1, 0.15) is 59.9 Å². The van der Waals surface area contributed by atoms with E-state index in [1.54, 1.807) is 30.3 Å². The molecular formula is C30H47N7O9. The fourth-order valence-electron chi connectivity index (χ4n) is 4.18. The highest BCUT2D eigenvalue weighted by atomic mass is 16.4. The van der Waals surface area contributed by atoms with E-state index < -0.39 is 89.7 Å². The Morgan fingerprint density at radius 1 is 0.804 bits per heavy atom. The van der Waals surface area contributed by atoms with Crippen molar-refractivity contribution in [2.45, 2.75) is 103 Å². The molecule has 0 radical (unpaired) electrons. The van der Waals surface area contributed by atoms with Crippen molar-refractivity contribution in [2.75, 3.05) is 0 Å². The van der Waals surface area contributed by atoms with Gasteiger partial charge in [0.1, 0.15) is 29.7 Å². The molecule has 0 saturated heterocycles. The minimum absolute atomic E-state index is 0.0319. The summed E-state index contributed by atoms with van der Waals surface area (Å²) in [4.78, 5) is 87.5. The number of aliphatic hydroxyl groups is 1. The van der Waals surface area contributed by atoms with Crippen molar-refractivity contribution in [1.82, 2.24) is 26.6 Å². The number of aliphatic hydroxyl groups excluding tert-OH is 1. The summed E-state index contributed by atoms with van der Waals surface area (Å²) in [5.41, 5.74) is 9.65. The van der Waals surface area contributed by atoms with E-state index in [0.29, 0.717) is 5.56 Å². The summed E-state index contributed by atoms with van der Waals surface area (Å²) >= 11 is 0. The molecule has 0 saturated carbocycles. The van der Waals surface area contributed by atoms with Crippen molar-refractivity contribution in [3.05, 3.63) is 35.9 Å². The molecule has 6 amide bonds. The third-order valence-electron chi connectivity index (χ3n) is 6.80. The first-order chi connectivity index (χ1) is 21.2. The van der Waals surface area contributed by atoms with Gasteiger partial charge in [0, 0.05) is 6.42 Å². The van der Waals surface area contributed by atoms with E-state index in [9.17, 15) is 43.8 Å².